The molecule has 11 heteroatoms. The maximum atomic E-state index is 13.2. The highest BCUT2D eigenvalue weighted by Gasteiger charge is 2.61. The van der Waals surface area contributed by atoms with Crippen molar-refractivity contribution in [3.8, 4) is 5.88 Å². The van der Waals surface area contributed by atoms with Crippen molar-refractivity contribution >= 4 is 62.0 Å². The van der Waals surface area contributed by atoms with Gasteiger partial charge in [0.15, 0.2) is 11.6 Å². The molecule has 0 amide bonds. The van der Waals surface area contributed by atoms with E-state index in [-0.39, 0.29) is 38.5 Å². The maximum absolute atomic E-state index is 13.2. The Labute approximate surface area is 240 Å². The summed E-state index contributed by atoms with van der Waals surface area (Å²) in [6, 6.07) is 16.1. The average molecular weight is 590 g/mol. The summed E-state index contributed by atoms with van der Waals surface area (Å²) in [6.45, 7) is 5.69. The molecule has 42 heavy (non-hydrogen) atoms. The molecule has 3 aromatic heterocycles. The molecule has 2 aliphatic rings. The van der Waals surface area contributed by atoms with Crippen LogP contribution in [0.1, 0.15) is 33.4 Å². The van der Waals surface area contributed by atoms with E-state index in [2.05, 4.69) is 26.3 Å². The Hall–Kier alpha value is -3.37. The molecule has 3 N–H and O–H groups in total. The van der Waals surface area contributed by atoms with E-state index in [0.29, 0.717) is 0 Å². The van der Waals surface area contributed by atoms with Gasteiger partial charge in [-0.2, -0.15) is 0 Å². The van der Waals surface area contributed by atoms with Gasteiger partial charge in [-0.15, -0.1) is 0 Å². The molecule has 0 unspecified atom stereocenters. The molecule has 0 spiro atoms. The Bertz CT molecular complexity index is 2100. The zero-order valence-corrected chi connectivity index (χ0v) is 24.5. The molecule has 10 nitrogen and oxygen atoms in total. The SMILES string of the molecule is CCOP(=O)(COC[C@@]1(O)C[C@H]2O[C@]1(C)n1c3ccccc3c3c4c[nH]c(O)c4c4c5ccccc5n2c4c31)OCC. The Morgan fingerprint density at radius 2 is 1.64 bits per heavy atom. The van der Waals surface area contributed by atoms with E-state index in [9.17, 15) is 14.8 Å². The van der Waals surface area contributed by atoms with Gasteiger partial charge in [-0.05, 0) is 32.9 Å². The number of fused-ring (bicyclic) bond motifs is 13. The normalized spacial score (nSPS) is 23.9. The van der Waals surface area contributed by atoms with Gasteiger partial charge in [0.1, 0.15) is 18.2 Å². The third-order valence-corrected chi connectivity index (χ3v) is 10.9. The predicted molar refractivity (Wildman–Crippen MR) is 161 cm³/mol. The van der Waals surface area contributed by atoms with Crippen molar-refractivity contribution in [3.05, 3.63) is 54.7 Å². The lowest BCUT2D eigenvalue weighted by molar-refractivity contribution is -0.194. The molecule has 218 valence electrons. The Morgan fingerprint density at radius 3 is 2.36 bits per heavy atom. The number of rotatable bonds is 8. The molecule has 2 aliphatic heterocycles. The van der Waals surface area contributed by atoms with Crippen molar-refractivity contribution in [3.63, 3.8) is 0 Å². The van der Waals surface area contributed by atoms with Crippen LogP contribution in [0.25, 0.3) is 54.4 Å². The monoisotopic (exact) mass is 589 g/mol. The number of ether oxygens (including phenoxy) is 2. The van der Waals surface area contributed by atoms with Crippen LogP contribution in [0.5, 0.6) is 5.88 Å². The van der Waals surface area contributed by atoms with Crippen molar-refractivity contribution in [2.75, 3.05) is 26.2 Å². The standard InChI is InChI=1S/C31H32N3O7P/c1-4-39-42(37,40-5-2)17-38-16-31(36)14-23-33-21-12-8-6-10-18(21)25-26-20(15-32-29(26)35)24-19-11-7-9-13-22(19)34(28(24)27(25)33)30(31,3)41-23/h6-13,15,23,32,35-36H,4-5,14,16-17H2,1-3H3/t23-,30+,31+/m1/s1. The average Bonchev–Trinajstić information content (AvgIpc) is 3.65. The Morgan fingerprint density at radius 1 is 0.976 bits per heavy atom. The number of aromatic amines is 1. The number of nitrogens with one attached hydrogen (secondary N) is 1. The minimum atomic E-state index is -3.49. The fourth-order valence-corrected chi connectivity index (χ4v) is 8.74. The minimum absolute atomic E-state index is 0.117. The molecule has 6 aromatic rings. The Balaban J connectivity index is 1.43. The van der Waals surface area contributed by atoms with Gasteiger partial charge in [0, 0.05) is 39.5 Å². The van der Waals surface area contributed by atoms with Crippen molar-refractivity contribution in [2.45, 2.75) is 44.7 Å². The summed E-state index contributed by atoms with van der Waals surface area (Å²) in [5, 5.41) is 29.2. The summed E-state index contributed by atoms with van der Waals surface area (Å²) in [5.41, 5.74) is 0.900. The molecule has 2 bridgehead atoms. The van der Waals surface area contributed by atoms with Crippen LogP contribution in [0.4, 0.5) is 0 Å². The van der Waals surface area contributed by atoms with Crippen LogP contribution in [-0.4, -0.2) is 56.1 Å². The van der Waals surface area contributed by atoms with Gasteiger partial charge in [0.2, 0.25) is 0 Å². The zero-order chi connectivity index (χ0) is 29.0. The van der Waals surface area contributed by atoms with Gasteiger partial charge in [0.05, 0.1) is 47.3 Å². The summed E-state index contributed by atoms with van der Waals surface area (Å²) in [7, 11) is -3.49. The molecule has 1 fully saturated rings. The summed E-state index contributed by atoms with van der Waals surface area (Å²) in [5.74, 6) is 0.117. The number of hydrogen-bond acceptors (Lipinski definition) is 7. The lowest BCUT2D eigenvalue weighted by Crippen LogP contribution is -2.53. The first kappa shape index (κ1) is 26.3. The van der Waals surface area contributed by atoms with E-state index in [1.165, 1.54) is 0 Å². The van der Waals surface area contributed by atoms with Gasteiger partial charge in [-0.25, -0.2) is 0 Å². The molecular weight excluding hydrogens is 557 g/mol. The van der Waals surface area contributed by atoms with Crippen LogP contribution in [0, 0.1) is 0 Å². The van der Waals surface area contributed by atoms with E-state index in [1.807, 2.05) is 49.5 Å². The molecule has 3 atom stereocenters. The number of aliphatic hydroxyl groups is 1. The lowest BCUT2D eigenvalue weighted by atomic mass is 9.89. The highest BCUT2D eigenvalue weighted by Crippen LogP contribution is 2.58. The van der Waals surface area contributed by atoms with Crippen LogP contribution in [0.2, 0.25) is 0 Å². The first-order valence-electron chi connectivity index (χ1n) is 14.3. The van der Waals surface area contributed by atoms with E-state index in [0.717, 1.165) is 54.4 Å². The summed E-state index contributed by atoms with van der Waals surface area (Å²) in [6.07, 6.45) is 1.24. The minimum Gasteiger partial charge on any atom is -0.494 e. The van der Waals surface area contributed by atoms with Gasteiger partial charge in [0.25, 0.3) is 0 Å². The van der Waals surface area contributed by atoms with Crippen molar-refractivity contribution in [1.82, 2.24) is 14.1 Å². The second-order valence-electron chi connectivity index (χ2n) is 11.3. The van der Waals surface area contributed by atoms with E-state index in [4.69, 9.17) is 18.5 Å². The molecule has 5 heterocycles. The van der Waals surface area contributed by atoms with Crippen LogP contribution >= 0.6 is 7.60 Å². The number of hydrogen-bond donors (Lipinski definition) is 3. The van der Waals surface area contributed by atoms with E-state index in [1.54, 1.807) is 13.8 Å². The number of benzene rings is 3. The largest absolute Gasteiger partial charge is 0.494 e. The molecule has 0 saturated carbocycles. The van der Waals surface area contributed by atoms with Crippen LogP contribution in [-0.2, 0) is 28.8 Å². The van der Waals surface area contributed by atoms with Gasteiger partial charge < -0.3 is 42.9 Å². The number of aromatic hydroxyl groups is 1. The summed E-state index contributed by atoms with van der Waals surface area (Å²) < 4.78 is 41.2. The first-order chi connectivity index (χ1) is 20.3. The number of nitrogens with zero attached hydrogens (tertiary/aromatic N) is 2. The van der Waals surface area contributed by atoms with Gasteiger partial charge in [-0.1, -0.05) is 36.4 Å². The Kier molecular flexibility index (Phi) is 5.52. The summed E-state index contributed by atoms with van der Waals surface area (Å²) in [4.78, 5) is 3.06. The topological polar surface area (TPSA) is 120 Å². The maximum Gasteiger partial charge on any atom is 0.356 e. The molecule has 8 rings (SSSR count). The fourth-order valence-electron chi connectivity index (χ4n) is 7.41. The van der Waals surface area contributed by atoms with Crippen LogP contribution in [0.15, 0.2) is 54.7 Å². The number of aromatic nitrogens is 3. The highest BCUT2D eigenvalue weighted by molar-refractivity contribution is 7.53. The second kappa shape index (κ2) is 8.83. The summed E-state index contributed by atoms with van der Waals surface area (Å²) >= 11 is 0. The lowest BCUT2D eigenvalue weighted by Gasteiger charge is -2.39. The van der Waals surface area contributed by atoms with Crippen molar-refractivity contribution in [1.29, 1.82) is 0 Å². The fraction of sp³-hybridized carbons (Fsp3) is 0.355. The molecule has 0 radical (unpaired) electrons. The third-order valence-electron chi connectivity index (χ3n) is 9.09. The molecule has 0 aliphatic carbocycles. The highest BCUT2D eigenvalue weighted by atomic mass is 31.2. The molecule has 1 saturated heterocycles. The number of H-pyrrole nitrogens is 1. The van der Waals surface area contributed by atoms with Gasteiger partial charge in [-0.3, -0.25) is 4.57 Å². The first-order valence-corrected chi connectivity index (χ1v) is 16.0. The smallest absolute Gasteiger partial charge is 0.356 e. The second-order valence-corrected chi connectivity index (χ2v) is 13.3. The van der Waals surface area contributed by atoms with Crippen LogP contribution < -0.4 is 0 Å². The van der Waals surface area contributed by atoms with Crippen molar-refractivity contribution in [2.24, 2.45) is 0 Å². The van der Waals surface area contributed by atoms with Crippen LogP contribution in [0.3, 0.4) is 0 Å². The van der Waals surface area contributed by atoms with E-state index < -0.39 is 25.1 Å². The number of para-hydroxylation sites is 2. The molecular formula is C31H32N3O7P. The zero-order valence-electron chi connectivity index (χ0n) is 23.6. The predicted octanol–water partition coefficient (Wildman–Crippen LogP) is 6.67. The van der Waals surface area contributed by atoms with E-state index >= 15 is 0 Å². The third kappa shape index (κ3) is 3.20. The quantitative estimate of drug-likeness (QED) is 0.170. The van der Waals surface area contributed by atoms with Crippen molar-refractivity contribution < 1.29 is 33.3 Å². The molecule has 3 aromatic carbocycles. The van der Waals surface area contributed by atoms with Gasteiger partial charge >= 0.3 is 7.60 Å².